The van der Waals surface area contributed by atoms with Crippen LogP contribution in [0.1, 0.15) is 44.6 Å². The van der Waals surface area contributed by atoms with Gasteiger partial charge in [-0.25, -0.2) is 4.98 Å². The molecule has 2 aromatic rings. The molecule has 1 aliphatic rings. The predicted octanol–water partition coefficient (Wildman–Crippen LogP) is 3.65. The maximum atomic E-state index is 12.5. The zero-order chi connectivity index (χ0) is 24.7. The van der Waals surface area contributed by atoms with Crippen LogP contribution in [0.2, 0.25) is 0 Å². The van der Waals surface area contributed by atoms with Crippen molar-refractivity contribution in [3.8, 4) is 23.0 Å². The zero-order valence-electron chi connectivity index (χ0n) is 21.0. The fraction of sp³-hybridized carbons (Fsp3) is 0.577. The van der Waals surface area contributed by atoms with Crippen molar-refractivity contribution < 1.29 is 23.5 Å². The highest BCUT2D eigenvalue weighted by Gasteiger charge is 2.21. The van der Waals surface area contributed by atoms with Gasteiger partial charge in [-0.2, -0.15) is 0 Å². The molecule has 0 radical (unpaired) electrons. The van der Waals surface area contributed by atoms with Gasteiger partial charge in [-0.15, -0.1) is 0 Å². The number of benzene rings is 1. The second-order valence-electron chi connectivity index (χ2n) is 9.39. The van der Waals surface area contributed by atoms with Crippen molar-refractivity contribution in [2.24, 2.45) is 11.8 Å². The quantitative estimate of drug-likeness (QED) is 0.395. The van der Waals surface area contributed by atoms with Crippen LogP contribution in [-0.2, 0) is 16.0 Å². The number of piperidine rings is 1. The summed E-state index contributed by atoms with van der Waals surface area (Å²) in [5.74, 6) is 3.14. The van der Waals surface area contributed by atoms with Gasteiger partial charge in [0.05, 0.1) is 32.8 Å². The number of hydrogen-bond acceptors (Lipinski definition) is 7. The van der Waals surface area contributed by atoms with Crippen LogP contribution in [0.3, 0.4) is 0 Å². The summed E-state index contributed by atoms with van der Waals surface area (Å²) >= 11 is 0. The lowest BCUT2D eigenvalue weighted by Gasteiger charge is -2.34. The lowest BCUT2D eigenvalue weighted by molar-refractivity contribution is -0.127. The molecular formula is C26H37N3O5. The van der Waals surface area contributed by atoms with Crippen molar-refractivity contribution in [1.29, 1.82) is 0 Å². The molecular weight excluding hydrogens is 434 g/mol. The molecule has 1 saturated heterocycles. The summed E-state index contributed by atoms with van der Waals surface area (Å²) in [6.07, 6.45) is 2.07. The molecule has 8 heteroatoms. The Morgan fingerprint density at radius 2 is 1.85 bits per heavy atom. The summed E-state index contributed by atoms with van der Waals surface area (Å²) in [6.45, 7) is 10.2. The molecule has 0 saturated carbocycles. The Morgan fingerprint density at radius 1 is 1.15 bits per heavy atom. The molecule has 0 bridgehead atoms. The first-order chi connectivity index (χ1) is 16.3. The third-order valence-corrected chi connectivity index (χ3v) is 6.16. The molecule has 1 aromatic heterocycles. The highest BCUT2D eigenvalue weighted by Crippen LogP contribution is 2.32. The molecule has 2 heterocycles. The summed E-state index contributed by atoms with van der Waals surface area (Å²) in [7, 11) is 3.13. The lowest BCUT2D eigenvalue weighted by Crippen LogP contribution is -2.40. The molecule has 2 unspecified atom stereocenters. The lowest BCUT2D eigenvalue weighted by atomic mass is 9.92. The summed E-state index contributed by atoms with van der Waals surface area (Å²) in [5, 5.41) is 2.87. The molecule has 0 aliphatic carbocycles. The van der Waals surface area contributed by atoms with Gasteiger partial charge >= 0.3 is 0 Å². The normalized spacial score (nSPS) is 18.5. The number of amides is 1. The highest BCUT2D eigenvalue weighted by atomic mass is 16.5. The Labute approximate surface area is 202 Å². The van der Waals surface area contributed by atoms with Gasteiger partial charge in [0.15, 0.2) is 11.5 Å². The Hall–Kier alpha value is -2.87. The van der Waals surface area contributed by atoms with E-state index >= 15 is 0 Å². The van der Waals surface area contributed by atoms with E-state index in [2.05, 4.69) is 29.0 Å². The number of carbonyl (C=O) groups is 2. The zero-order valence-corrected chi connectivity index (χ0v) is 21.0. The Bertz CT molecular complexity index is 977. The van der Waals surface area contributed by atoms with Crippen LogP contribution in [0.4, 0.5) is 0 Å². The number of rotatable bonds is 11. The van der Waals surface area contributed by atoms with Crippen LogP contribution in [0.15, 0.2) is 22.6 Å². The topological polar surface area (TPSA) is 93.9 Å². The maximum Gasteiger partial charge on any atom is 0.227 e. The number of Topliss-reactive ketones (excluding diaryl/α,β-unsaturated/α-hetero) is 1. The van der Waals surface area contributed by atoms with Crippen LogP contribution < -0.4 is 14.8 Å². The Balaban J connectivity index is 1.46. The van der Waals surface area contributed by atoms with Gasteiger partial charge < -0.3 is 24.1 Å². The second kappa shape index (κ2) is 12.0. The van der Waals surface area contributed by atoms with E-state index in [1.54, 1.807) is 33.3 Å². The van der Waals surface area contributed by atoms with Gasteiger partial charge in [-0.05, 0) is 56.3 Å². The van der Waals surface area contributed by atoms with E-state index < -0.39 is 0 Å². The number of ketones is 1. The van der Waals surface area contributed by atoms with Gasteiger partial charge in [0.25, 0.3) is 0 Å². The number of aryl methyl sites for hydroxylation is 1. The van der Waals surface area contributed by atoms with Crippen molar-refractivity contribution in [3.05, 3.63) is 29.7 Å². The minimum Gasteiger partial charge on any atom is -0.493 e. The maximum absolute atomic E-state index is 12.5. The molecule has 3 rings (SSSR count). The number of nitrogens with zero attached hydrogens (tertiary/aromatic N) is 2. The number of ether oxygens (including phenoxy) is 2. The highest BCUT2D eigenvalue weighted by molar-refractivity contribution is 5.98. The smallest absolute Gasteiger partial charge is 0.227 e. The molecule has 1 aliphatic heterocycles. The fourth-order valence-electron chi connectivity index (χ4n) is 4.68. The summed E-state index contributed by atoms with van der Waals surface area (Å²) in [6, 6.07) is 5.36. The standard InChI is InChI=1S/C26H37N3O5/c1-17-11-18(2)16-29(15-17)10-6-9-27-25(31)14-21(30)13-22-19(3)34-26(28-22)20-7-8-23(32-4)24(12-20)33-5/h7-8,12,17-18H,6,9-11,13-16H2,1-5H3,(H,27,31). The van der Waals surface area contributed by atoms with Crippen molar-refractivity contribution >= 4 is 11.7 Å². The molecule has 1 amide bonds. The van der Waals surface area contributed by atoms with Gasteiger partial charge in [0.1, 0.15) is 11.5 Å². The van der Waals surface area contributed by atoms with E-state index in [0.29, 0.717) is 35.4 Å². The van der Waals surface area contributed by atoms with E-state index in [1.165, 1.54) is 6.42 Å². The summed E-state index contributed by atoms with van der Waals surface area (Å²) in [5.41, 5.74) is 1.26. The van der Waals surface area contributed by atoms with Crippen LogP contribution >= 0.6 is 0 Å². The molecule has 186 valence electrons. The largest absolute Gasteiger partial charge is 0.493 e. The first kappa shape index (κ1) is 25.7. The number of likely N-dealkylation sites (tertiary alicyclic amines) is 1. The molecule has 0 spiro atoms. The number of aromatic nitrogens is 1. The van der Waals surface area contributed by atoms with Crippen LogP contribution in [0.5, 0.6) is 11.5 Å². The predicted molar refractivity (Wildman–Crippen MR) is 130 cm³/mol. The van der Waals surface area contributed by atoms with Crippen LogP contribution in [-0.4, -0.2) is 62.0 Å². The van der Waals surface area contributed by atoms with E-state index in [4.69, 9.17) is 13.9 Å². The second-order valence-corrected chi connectivity index (χ2v) is 9.39. The van der Waals surface area contributed by atoms with Crippen molar-refractivity contribution in [2.75, 3.05) is 40.4 Å². The molecule has 1 N–H and O–H groups in total. The number of hydrogen-bond donors (Lipinski definition) is 1. The number of methoxy groups -OCH3 is 2. The third kappa shape index (κ3) is 7.06. The first-order valence-corrected chi connectivity index (χ1v) is 12.0. The van der Waals surface area contributed by atoms with Crippen molar-refractivity contribution in [1.82, 2.24) is 15.2 Å². The Morgan fingerprint density at radius 3 is 2.53 bits per heavy atom. The number of carbonyl (C=O) groups excluding carboxylic acids is 2. The van der Waals surface area contributed by atoms with Gasteiger partial charge in [0, 0.05) is 25.2 Å². The van der Waals surface area contributed by atoms with Crippen molar-refractivity contribution in [2.45, 2.75) is 46.5 Å². The molecule has 2 atom stereocenters. The van der Waals surface area contributed by atoms with Crippen molar-refractivity contribution in [3.63, 3.8) is 0 Å². The van der Waals surface area contributed by atoms with Crippen LogP contribution in [0.25, 0.3) is 11.5 Å². The summed E-state index contributed by atoms with van der Waals surface area (Å²) < 4.78 is 16.4. The Kier molecular flexibility index (Phi) is 9.10. The fourth-order valence-corrected chi connectivity index (χ4v) is 4.68. The minimum absolute atomic E-state index is 0.0552. The summed E-state index contributed by atoms with van der Waals surface area (Å²) in [4.78, 5) is 31.6. The minimum atomic E-state index is -0.244. The first-order valence-electron chi connectivity index (χ1n) is 12.0. The van der Waals surface area contributed by atoms with Crippen LogP contribution in [0, 0.1) is 18.8 Å². The average molecular weight is 472 g/mol. The monoisotopic (exact) mass is 471 g/mol. The SMILES string of the molecule is COc1ccc(-c2nc(CC(=O)CC(=O)NCCCN3CC(C)CC(C)C3)c(C)o2)cc1OC. The van der Waals surface area contributed by atoms with E-state index in [-0.39, 0.29) is 24.5 Å². The number of oxazole rings is 1. The molecule has 8 nitrogen and oxygen atoms in total. The van der Waals surface area contributed by atoms with E-state index in [9.17, 15) is 9.59 Å². The van der Waals surface area contributed by atoms with Gasteiger partial charge in [-0.3, -0.25) is 9.59 Å². The molecule has 34 heavy (non-hydrogen) atoms. The molecule has 1 fully saturated rings. The van der Waals surface area contributed by atoms with E-state index in [0.717, 1.165) is 43.5 Å². The van der Waals surface area contributed by atoms with Gasteiger partial charge in [-0.1, -0.05) is 13.8 Å². The number of nitrogens with one attached hydrogen (secondary N) is 1. The van der Waals surface area contributed by atoms with E-state index in [1.807, 2.05) is 6.07 Å². The average Bonchev–Trinajstić information content (AvgIpc) is 3.15. The molecule has 1 aromatic carbocycles. The van der Waals surface area contributed by atoms with Gasteiger partial charge in [0.2, 0.25) is 11.8 Å². The third-order valence-electron chi connectivity index (χ3n) is 6.16.